The lowest BCUT2D eigenvalue weighted by Gasteiger charge is -2.15. The van der Waals surface area contributed by atoms with Gasteiger partial charge in [-0.3, -0.25) is 4.40 Å². The van der Waals surface area contributed by atoms with Gasteiger partial charge in [0.25, 0.3) is 0 Å². The normalized spacial score (nSPS) is 12.0. The molecule has 0 N–H and O–H groups in total. The first kappa shape index (κ1) is 17.9. The summed E-state index contributed by atoms with van der Waals surface area (Å²) in [5.41, 5.74) is 5.36. The average molecular weight is 365 g/mol. The Hall–Kier alpha value is -3.46. The zero-order chi connectivity index (χ0) is 19.7. The molecule has 0 aliphatic heterocycles. The predicted octanol–water partition coefficient (Wildman–Crippen LogP) is 6.43. The number of aromatic nitrogens is 3. The maximum absolute atomic E-state index is 4.48. The third-order valence-corrected chi connectivity index (χ3v) is 5.00. The van der Waals surface area contributed by atoms with Gasteiger partial charge in [-0.1, -0.05) is 93.8 Å². The van der Waals surface area contributed by atoms with Crippen LogP contribution >= 0.6 is 0 Å². The van der Waals surface area contributed by atoms with E-state index in [1.165, 1.54) is 0 Å². The van der Waals surface area contributed by atoms with E-state index in [0.717, 1.165) is 44.5 Å². The fourth-order valence-corrected chi connectivity index (χ4v) is 3.70. The highest BCUT2D eigenvalue weighted by atomic mass is 15.2. The summed E-state index contributed by atoms with van der Waals surface area (Å²) >= 11 is 0. The lowest BCUT2D eigenvalue weighted by Crippen LogP contribution is -1.99. The molecule has 138 valence electrons. The molecular formula is C25H23N3. The lowest BCUT2D eigenvalue weighted by atomic mass is 9.92. The Kier molecular flexibility index (Phi) is 4.66. The predicted molar refractivity (Wildman–Crippen MR) is 118 cm³/mol. The molecule has 0 bridgehead atoms. The first-order valence-corrected chi connectivity index (χ1v) is 9.47. The van der Waals surface area contributed by atoms with Crippen molar-refractivity contribution in [3.05, 3.63) is 97.5 Å². The van der Waals surface area contributed by atoms with Gasteiger partial charge in [-0.2, -0.15) is 0 Å². The Labute approximate surface area is 165 Å². The van der Waals surface area contributed by atoms with Crippen LogP contribution in [0, 0.1) is 0 Å². The maximum atomic E-state index is 4.48. The van der Waals surface area contributed by atoms with Crippen LogP contribution < -0.4 is 0 Å². The number of hydrogen-bond donors (Lipinski definition) is 0. The highest BCUT2D eigenvalue weighted by Gasteiger charge is 2.17. The quantitative estimate of drug-likeness (QED) is 0.382. The molecule has 0 saturated carbocycles. The van der Waals surface area contributed by atoms with Crippen molar-refractivity contribution < 1.29 is 0 Å². The van der Waals surface area contributed by atoms with Gasteiger partial charge in [0.1, 0.15) is 5.82 Å². The van der Waals surface area contributed by atoms with Crippen LogP contribution in [0.4, 0.5) is 0 Å². The molecule has 0 amide bonds. The molecule has 3 nitrogen and oxygen atoms in total. The summed E-state index contributed by atoms with van der Waals surface area (Å²) in [6, 6.07) is 16.8. The summed E-state index contributed by atoms with van der Waals surface area (Å²) in [4.78, 5) is 0. The number of fused-ring (bicyclic) bond motifs is 3. The van der Waals surface area contributed by atoms with Crippen LogP contribution in [0.1, 0.15) is 31.2 Å². The summed E-state index contributed by atoms with van der Waals surface area (Å²) in [6.07, 6.45) is 7.83. The summed E-state index contributed by atoms with van der Waals surface area (Å²) in [5, 5.41) is 11.2. The van der Waals surface area contributed by atoms with Gasteiger partial charge in [0.15, 0.2) is 5.65 Å². The SMILES string of the molecule is C=CC=C(C=C)c1ccccc1-c1cn2c(C(C)C)nnc2c2ccccc12. The smallest absolute Gasteiger partial charge is 0.168 e. The van der Waals surface area contributed by atoms with Crippen LogP contribution in [0.15, 0.2) is 86.1 Å². The maximum Gasteiger partial charge on any atom is 0.168 e. The molecule has 0 radical (unpaired) electrons. The van der Waals surface area contributed by atoms with E-state index < -0.39 is 0 Å². The van der Waals surface area contributed by atoms with Gasteiger partial charge < -0.3 is 0 Å². The first-order chi connectivity index (χ1) is 13.7. The second kappa shape index (κ2) is 7.28. The number of allylic oxidation sites excluding steroid dienone is 4. The van der Waals surface area contributed by atoms with Crippen LogP contribution in [0.25, 0.3) is 33.1 Å². The highest BCUT2D eigenvalue weighted by Crippen LogP contribution is 2.36. The molecule has 0 saturated heterocycles. The van der Waals surface area contributed by atoms with Gasteiger partial charge in [0, 0.05) is 23.1 Å². The molecule has 2 aromatic heterocycles. The molecule has 0 spiro atoms. The molecule has 0 aliphatic rings. The number of pyridine rings is 1. The van der Waals surface area contributed by atoms with E-state index in [-0.39, 0.29) is 5.92 Å². The van der Waals surface area contributed by atoms with Crippen molar-refractivity contribution in [2.24, 2.45) is 0 Å². The molecule has 0 atom stereocenters. The van der Waals surface area contributed by atoms with E-state index in [9.17, 15) is 0 Å². The summed E-state index contributed by atoms with van der Waals surface area (Å²) < 4.78 is 2.13. The van der Waals surface area contributed by atoms with Crippen molar-refractivity contribution in [3.63, 3.8) is 0 Å². The van der Waals surface area contributed by atoms with Crippen LogP contribution in [0.3, 0.4) is 0 Å². The van der Waals surface area contributed by atoms with Crippen LogP contribution in [-0.4, -0.2) is 14.6 Å². The zero-order valence-electron chi connectivity index (χ0n) is 16.3. The molecule has 4 aromatic rings. The first-order valence-electron chi connectivity index (χ1n) is 9.47. The van der Waals surface area contributed by atoms with Gasteiger partial charge in [0.2, 0.25) is 0 Å². The van der Waals surface area contributed by atoms with E-state index in [1.54, 1.807) is 6.08 Å². The fourth-order valence-electron chi connectivity index (χ4n) is 3.70. The summed E-state index contributed by atoms with van der Waals surface area (Å²) in [6.45, 7) is 12.1. The van der Waals surface area contributed by atoms with E-state index in [2.05, 4.69) is 96.3 Å². The Bertz CT molecular complexity index is 1230. The minimum absolute atomic E-state index is 0.281. The molecule has 0 fully saturated rings. The second-order valence-corrected chi connectivity index (χ2v) is 7.10. The second-order valence-electron chi connectivity index (χ2n) is 7.10. The van der Waals surface area contributed by atoms with Crippen molar-refractivity contribution in [2.75, 3.05) is 0 Å². The van der Waals surface area contributed by atoms with E-state index in [4.69, 9.17) is 0 Å². The Balaban J connectivity index is 2.12. The van der Waals surface area contributed by atoms with Gasteiger partial charge in [0.05, 0.1) is 0 Å². The van der Waals surface area contributed by atoms with Gasteiger partial charge in [-0.15, -0.1) is 10.2 Å². The van der Waals surface area contributed by atoms with Crippen LogP contribution in [0.5, 0.6) is 0 Å². The third-order valence-electron chi connectivity index (χ3n) is 5.00. The molecule has 0 aliphatic carbocycles. The van der Waals surface area contributed by atoms with Crippen molar-refractivity contribution in [1.29, 1.82) is 0 Å². The average Bonchev–Trinajstić information content (AvgIpc) is 3.16. The van der Waals surface area contributed by atoms with Gasteiger partial charge in [-0.05, 0) is 22.1 Å². The van der Waals surface area contributed by atoms with Crippen molar-refractivity contribution in [3.8, 4) is 11.1 Å². The molecule has 4 rings (SSSR count). The Morgan fingerprint density at radius 3 is 2.36 bits per heavy atom. The van der Waals surface area contributed by atoms with Gasteiger partial charge in [-0.25, -0.2) is 0 Å². The molecule has 0 unspecified atom stereocenters. The molecule has 2 aromatic carbocycles. The Morgan fingerprint density at radius 2 is 1.64 bits per heavy atom. The zero-order valence-corrected chi connectivity index (χ0v) is 16.3. The summed E-state index contributed by atoms with van der Waals surface area (Å²) in [5.74, 6) is 1.24. The monoisotopic (exact) mass is 365 g/mol. The topological polar surface area (TPSA) is 30.2 Å². The van der Waals surface area contributed by atoms with Crippen molar-refractivity contribution >= 4 is 22.0 Å². The minimum atomic E-state index is 0.281. The van der Waals surface area contributed by atoms with Crippen LogP contribution in [-0.2, 0) is 0 Å². The largest absolute Gasteiger partial charge is 0.285 e. The Morgan fingerprint density at radius 1 is 0.929 bits per heavy atom. The van der Waals surface area contributed by atoms with E-state index in [0.29, 0.717) is 0 Å². The fraction of sp³-hybridized carbons (Fsp3) is 0.120. The number of hydrogen-bond acceptors (Lipinski definition) is 2. The van der Waals surface area contributed by atoms with E-state index in [1.807, 2.05) is 12.2 Å². The third kappa shape index (κ3) is 2.85. The van der Waals surface area contributed by atoms with Gasteiger partial charge >= 0.3 is 0 Å². The lowest BCUT2D eigenvalue weighted by molar-refractivity contribution is 0.760. The number of benzene rings is 2. The van der Waals surface area contributed by atoms with Crippen molar-refractivity contribution in [1.82, 2.24) is 14.6 Å². The standard InChI is InChI=1S/C25H23N3/c1-5-11-18(6-2)19-12-7-8-13-20(19)23-16-28-24(17(3)4)26-27-25(28)22-15-10-9-14-21(22)23/h5-17H,1-2H2,3-4H3. The molecule has 3 heteroatoms. The summed E-state index contributed by atoms with van der Waals surface area (Å²) in [7, 11) is 0. The molecule has 28 heavy (non-hydrogen) atoms. The minimum Gasteiger partial charge on any atom is -0.285 e. The van der Waals surface area contributed by atoms with Crippen molar-refractivity contribution in [2.45, 2.75) is 19.8 Å². The number of nitrogens with zero attached hydrogens (tertiary/aromatic N) is 3. The van der Waals surface area contributed by atoms with E-state index >= 15 is 0 Å². The van der Waals surface area contributed by atoms with Crippen LogP contribution in [0.2, 0.25) is 0 Å². The molecular weight excluding hydrogens is 342 g/mol. The molecule has 2 heterocycles. The highest BCUT2D eigenvalue weighted by molar-refractivity contribution is 6.05. The number of rotatable bonds is 5.